The zero-order chi connectivity index (χ0) is 28.8. The lowest BCUT2D eigenvalue weighted by Crippen LogP contribution is -2.55. The predicted molar refractivity (Wildman–Crippen MR) is 154 cm³/mol. The van der Waals surface area contributed by atoms with Crippen LogP contribution in [-0.4, -0.2) is 68.0 Å². The number of aryl methyl sites for hydroxylation is 2. The lowest BCUT2D eigenvalue weighted by Gasteiger charge is -2.43. The SMILES string of the molecule is Cc1cn2ccc(Sc3nc(CO)c(N4CCC5(CC4)CO[C@@H](C)[C@H]5NC(=O)OC(C)(C)C)nc3C)c(Cl)c2n1. The van der Waals surface area contributed by atoms with E-state index in [1.165, 1.54) is 11.8 Å². The average molecular weight is 589 g/mol. The second-order valence-corrected chi connectivity index (χ2v) is 13.1. The minimum absolute atomic E-state index is 0.109. The summed E-state index contributed by atoms with van der Waals surface area (Å²) in [6.45, 7) is 13.2. The van der Waals surface area contributed by atoms with Gasteiger partial charge in [-0.25, -0.2) is 19.7 Å². The summed E-state index contributed by atoms with van der Waals surface area (Å²) >= 11 is 8.09. The van der Waals surface area contributed by atoms with Crippen molar-refractivity contribution >= 4 is 40.9 Å². The van der Waals surface area contributed by atoms with Crippen molar-refractivity contribution in [1.82, 2.24) is 24.7 Å². The molecule has 5 heterocycles. The number of imidazole rings is 1. The van der Waals surface area contributed by atoms with E-state index in [-0.39, 0.29) is 24.2 Å². The molecule has 1 spiro atoms. The molecule has 10 nitrogen and oxygen atoms in total. The number of hydrogen-bond donors (Lipinski definition) is 2. The van der Waals surface area contributed by atoms with E-state index in [0.29, 0.717) is 46.9 Å². The number of fused-ring (bicyclic) bond motifs is 1. The molecule has 2 aliphatic rings. The molecule has 0 bridgehead atoms. The number of aliphatic hydroxyl groups excluding tert-OH is 1. The quantitative estimate of drug-likeness (QED) is 0.428. The maximum absolute atomic E-state index is 12.6. The summed E-state index contributed by atoms with van der Waals surface area (Å²) in [7, 11) is 0. The van der Waals surface area contributed by atoms with Gasteiger partial charge in [0, 0.05) is 35.8 Å². The molecule has 0 aromatic carbocycles. The van der Waals surface area contributed by atoms with Crippen LogP contribution in [0.15, 0.2) is 28.4 Å². The Bertz CT molecular complexity index is 1420. The van der Waals surface area contributed by atoms with Crippen molar-refractivity contribution in [1.29, 1.82) is 0 Å². The second-order valence-electron chi connectivity index (χ2n) is 11.7. The van der Waals surface area contributed by atoms with Crippen LogP contribution in [0.4, 0.5) is 10.6 Å². The van der Waals surface area contributed by atoms with Gasteiger partial charge in [-0.1, -0.05) is 23.4 Å². The van der Waals surface area contributed by atoms with Crippen molar-refractivity contribution < 1.29 is 19.4 Å². The van der Waals surface area contributed by atoms with Gasteiger partial charge in [-0.2, -0.15) is 0 Å². The van der Waals surface area contributed by atoms with E-state index >= 15 is 0 Å². The highest BCUT2D eigenvalue weighted by atomic mass is 35.5. The molecule has 2 saturated heterocycles. The molecule has 2 fully saturated rings. The fraction of sp³-hybridized carbons (Fsp3) is 0.571. The number of pyridine rings is 1. The number of carbonyl (C=O) groups is 1. The highest BCUT2D eigenvalue weighted by Gasteiger charge is 2.50. The van der Waals surface area contributed by atoms with Gasteiger partial charge < -0.3 is 29.2 Å². The molecule has 1 amide bonds. The number of nitrogens with zero attached hydrogens (tertiary/aromatic N) is 5. The zero-order valence-corrected chi connectivity index (χ0v) is 25.4. The van der Waals surface area contributed by atoms with E-state index in [2.05, 4.69) is 15.2 Å². The normalized spacial score (nSPS) is 20.9. The van der Waals surface area contributed by atoms with Gasteiger partial charge in [-0.3, -0.25) is 0 Å². The lowest BCUT2D eigenvalue weighted by atomic mass is 9.73. The average Bonchev–Trinajstić information content (AvgIpc) is 3.41. The summed E-state index contributed by atoms with van der Waals surface area (Å²) < 4.78 is 13.4. The van der Waals surface area contributed by atoms with Crippen LogP contribution in [0.2, 0.25) is 5.02 Å². The molecule has 2 N–H and O–H groups in total. The van der Waals surface area contributed by atoms with Gasteiger partial charge in [0.1, 0.15) is 16.3 Å². The third-order valence-corrected chi connectivity index (χ3v) is 9.20. The minimum Gasteiger partial charge on any atom is -0.444 e. The van der Waals surface area contributed by atoms with Crippen LogP contribution in [0.1, 0.15) is 57.6 Å². The number of aliphatic hydroxyl groups is 1. The Labute approximate surface area is 243 Å². The Balaban J connectivity index is 1.32. The van der Waals surface area contributed by atoms with Gasteiger partial charge in [0.05, 0.1) is 41.8 Å². The first-order valence-corrected chi connectivity index (χ1v) is 14.7. The Hall–Kier alpha value is -2.60. The number of amides is 1. The highest BCUT2D eigenvalue weighted by molar-refractivity contribution is 7.99. The van der Waals surface area contributed by atoms with E-state index in [9.17, 15) is 9.90 Å². The molecule has 0 radical (unpaired) electrons. The van der Waals surface area contributed by atoms with Gasteiger partial charge in [-0.05, 0) is 60.5 Å². The number of piperidine rings is 1. The molecular formula is C28H37ClN6O4S. The van der Waals surface area contributed by atoms with Gasteiger partial charge in [0.2, 0.25) is 0 Å². The lowest BCUT2D eigenvalue weighted by molar-refractivity contribution is 0.0434. The fourth-order valence-corrected chi connectivity index (χ4v) is 6.78. The van der Waals surface area contributed by atoms with Crippen LogP contribution in [0.3, 0.4) is 0 Å². The van der Waals surface area contributed by atoms with Crippen LogP contribution >= 0.6 is 23.4 Å². The van der Waals surface area contributed by atoms with Gasteiger partial charge >= 0.3 is 6.09 Å². The maximum atomic E-state index is 12.6. The molecule has 0 saturated carbocycles. The molecule has 0 unspecified atom stereocenters. The molecule has 216 valence electrons. The van der Waals surface area contributed by atoms with E-state index in [1.807, 2.05) is 64.4 Å². The van der Waals surface area contributed by atoms with Gasteiger partial charge in [0.25, 0.3) is 0 Å². The Morgan fingerprint density at radius 2 is 2.00 bits per heavy atom. The summed E-state index contributed by atoms with van der Waals surface area (Å²) in [5.41, 5.74) is 2.11. The first kappa shape index (κ1) is 28.9. The van der Waals surface area contributed by atoms with Gasteiger partial charge in [0.15, 0.2) is 11.5 Å². The van der Waals surface area contributed by atoms with E-state index in [1.54, 1.807) is 0 Å². The van der Waals surface area contributed by atoms with Crippen molar-refractivity contribution in [2.24, 2.45) is 5.41 Å². The van der Waals surface area contributed by atoms with Crippen molar-refractivity contribution in [3.05, 3.63) is 40.6 Å². The van der Waals surface area contributed by atoms with Crippen molar-refractivity contribution in [2.45, 2.75) is 88.7 Å². The molecule has 0 aliphatic carbocycles. The Morgan fingerprint density at radius 1 is 1.27 bits per heavy atom. The second kappa shape index (κ2) is 11.0. The van der Waals surface area contributed by atoms with Crippen molar-refractivity contribution in [3.63, 3.8) is 0 Å². The maximum Gasteiger partial charge on any atom is 0.407 e. The number of nitrogens with one attached hydrogen (secondary N) is 1. The molecule has 12 heteroatoms. The smallest absolute Gasteiger partial charge is 0.407 e. The summed E-state index contributed by atoms with van der Waals surface area (Å²) in [4.78, 5) is 29.8. The van der Waals surface area contributed by atoms with Crippen LogP contribution in [0.25, 0.3) is 5.65 Å². The number of rotatable bonds is 5. The van der Waals surface area contributed by atoms with Crippen LogP contribution in [0, 0.1) is 19.3 Å². The molecule has 3 aromatic heterocycles. The van der Waals surface area contributed by atoms with E-state index < -0.39 is 11.7 Å². The van der Waals surface area contributed by atoms with Crippen LogP contribution in [-0.2, 0) is 16.1 Å². The predicted octanol–water partition coefficient (Wildman–Crippen LogP) is 4.94. The number of alkyl carbamates (subject to hydrolysis) is 1. The fourth-order valence-electron chi connectivity index (χ4n) is 5.59. The minimum atomic E-state index is -0.568. The Morgan fingerprint density at radius 3 is 2.67 bits per heavy atom. The number of halogens is 1. The standard InChI is InChI=1S/C28H37ClN6O4S/c1-16-13-35-10-7-20(21(29)24(35)30-16)40-25-17(2)31-23(19(14-36)32-25)34-11-8-28(9-12-34)15-38-18(3)22(28)33-26(37)39-27(4,5)6/h7,10,13,18,22,36H,8-9,11-12,14-15H2,1-6H3,(H,33,37)/t18-,22+/m0/s1. The topological polar surface area (TPSA) is 114 Å². The number of aromatic nitrogens is 4. The summed E-state index contributed by atoms with van der Waals surface area (Å²) in [5.74, 6) is 0.688. The molecule has 40 heavy (non-hydrogen) atoms. The highest BCUT2D eigenvalue weighted by Crippen LogP contribution is 2.44. The zero-order valence-electron chi connectivity index (χ0n) is 23.8. The van der Waals surface area contributed by atoms with Crippen molar-refractivity contribution in [2.75, 3.05) is 24.6 Å². The monoisotopic (exact) mass is 588 g/mol. The molecule has 3 aromatic rings. The summed E-state index contributed by atoms with van der Waals surface area (Å²) in [6.07, 6.45) is 4.93. The number of carbonyl (C=O) groups excluding carboxylic acids is 1. The third-order valence-electron chi connectivity index (χ3n) is 7.58. The van der Waals surface area contributed by atoms with Crippen LogP contribution < -0.4 is 10.2 Å². The third kappa shape index (κ3) is 5.74. The largest absolute Gasteiger partial charge is 0.444 e. The first-order valence-electron chi connectivity index (χ1n) is 13.6. The number of anilines is 1. The molecular weight excluding hydrogens is 552 g/mol. The number of hydrogen-bond acceptors (Lipinski definition) is 9. The van der Waals surface area contributed by atoms with Gasteiger partial charge in [-0.15, -0.1) is 0 Å². The Kier molecular flexibility index (Phi) is 7.95. The summed E-state index contributed by atoms with van der Waals surface area (Å²) in [6, 6.07) is 1.79. The van der Waals surface area contributed by atoms with E-state index in [0.717, 1.165) is 29.1 Å². The van der Waals surface area contributed by atoms with E-state index in [4.69, 9.17) is 31.0 Å². The van der Waals surface area contributed by atoms with Crippen LogP contribution in [0.5, 0.6) is 0 Å². The molecule has 2 aliphatic heterocycles. The molecule has 5 rings (SSSR count). The number of ether oxygens (including phenoxy) is 2. The summed E-state index contributed by atoms with van der Waals surface area (Å²) in [5, 5.41) is 14.6. The first-order chi connectivity index (χ1) is 18.9. The molecule has 2 atom stereocenters. The van der Waals surface area contributed by atoms with Crippen molar-refractivity contribution in [3.8, 4) is 0 Å².